The van der Waals surface area contributed by atoms with Crippen molar-refractivity contribution < 1.29 is 72.7 Å². The number of carboxylic acids is 3. The molecule has 1 fully saturated rings. The molecule has 59 heavy (non-hydrogen) atoms. The van der Waals surface area contributed by atoms with Crippen LogP contribution < -0.4 is 37.4 Å². The normalized spacial score (nSPS) is 16.1. The second kappa shape index (κ2) is 22.6. The fourth-order valence-electron chi connectivity index (χ4n) is 5.21. The highest BCUT2D eigenvalue weighted by Crippen LogP contribution is 2.22. The summed E-state index contributed by atoms with van der Waals surface area (Å²) in [4.78, 5) is 125. The summed E-state index contributed by atoms with van der Waals surface area (Å²) in [5.74, 6) is -11.4. The van der Waals surface area contributed by atoms with Crippen molar-refractivity contribution in [3.05, 3.63) is 71.8 Å². The number of hydrazine groups is 1. The number of aliphatic carboxylic acids is 3. The Hall–Kier alpha value is -7.10. The maximum absolute atomic E-state index is 13.5. The molecule has 0 aliphatic carbocycles. The molecule has 6 atom stereocenters. The Morgan fingerprint density at radius 2 is 1.14 bits per heavy atom. The van der Waals surface area contributed by atoms with Crippen LogP contribution in [0.2, 0.25) is 0 Å². The van der Waals surface area contributed by atoms with Gasteiger partial charge in [-0.25, -0.2) is 4.79 Å². The highest BCUT2D eigenvalue weighted by atomic mass is 16.6. The third-order valence-corrected chi connectivity index (χ3v) is 8.37. The van der Waals surface area contributed by atoms with Crippen LogP contribution in [0.1, 0.15) is 50.7 Å². The molecule has 0 spiro atoms. The number of carbonyl (C=O) groups excluding carboxylic acids is 7. The summed E-state index contributed by atoms with van der Waals surface area (Å²) in [6.45, 7) is 2.84. The smallest absolute Gasteiger partial charge is 0.408 e. The van der Waals surface area contributed by atoms with Crippen LogP contribution in [0.25, 0.3) is 0 Å². The van der Waals surface area contributed by atoms with Crippen molar-refractivity contribution in [3.63, 3.8) is 0 Å². The lowest BCUT2D eigenvalue weighted by Gasteiger charge is -2.27. The average molecular weight is 828 g/mol. The predicted molar refractivity (Wildman–Crippen MR) is 199 cm³/mol. The van der Waals surface area contributed by atoms with Crippen LogP contribution in [0.3, 0.4) is 0 Å². The third kappa shape index (κ3) is 16.1. The number of epoxide rings is 1. The molecule has 7 amide bonds. The maximum Gasteiger partial charge on any atom is 0.408 e. The molecule has 1 heterocycles. The number of hydrogen-bond donors (Lipinski definition) is 10. The molecule has 0 radical (unpaired) electrons. The highest BCUT2D eigenvalue weighted by Gasteiger charge is 2.50. The maximum atomic E-state index is 13.5. The van der Waals surface area contributed by atoms with Gasteiger partial charge in [0.15, 0.2) is 12.2 Å². The zero-order chi connectivity index (χ0) is 43.6. The highest BCUT2D eigenvalue weighted by molar-refractivity contribution is 5.98. The number of rotatable bonds is 22. The molecule has 22 heteroatoms. The van der Waals surface area contributed by atoms with Gasteiger partial charge in [-0.3, -0.25) is 54.0 Å². The minimum atomic E-state index is -1.84. The van der Waals surface area contributed by atoms with Crippen molar-refractivity contribution in [2.45, 2.75) is 89.1 Å². The molecule has 318 valence electrons. The number of hydrogen-bond acceptors (Lipinski definition) is 12. The Labute approximate surface area is 336 Å². The van der Waals surface area contributed by atoms with Gasteiger partial charge in [0.1, 0.15) is 30.8 Å². The summed E-state index contributed by atoms with van der Waals surface area (Å²) in [5.41, 5.74) is 5.34. The molecule has 1 aliphatic heterocycles. The van der Waals surface area contributed by atoms with Gasteiger partial charge < -0.3 is 51.4 Å². The fourth-order valence-corrected chi connectivity index (χ4v) is 5.21. The van der Waals surface area contributed by atoms with Crippen molar-refractivity contribution in [3.8, 4) is 0 Å². The Kier molecular flexibility index (Phi) is 17.7. The second-order valence-corrected chi connectivity index (χ2v) is 13.4. The van der Waals surface area contributed by atoms with E-state index in [1.165, 1.54) is 13.8 Å². The molecule has 10 N–H and O–H groups in total. The summed E-state index contributed by atoms with van der Waals surface area (Å²) in [6, 6.07) is 10.4. The van der Waals surface area contributed by atoms with Crippen molar-refractivity contribution in [1.82, 2.24) is 37.4 Å². The monoisotopic (exact) mass is 827 g/mol. The number of amides is 7. The van der Waals surface area contributed by atoms with Gasteiger partial charge in [-0.1, -0.05) is 74.5 Å². The van der Waals surface area contributed by atoms with Gasteiger partial charge in [0.05, 0.1) is 12.8 Å². The molecule has 0 aromatic heterocycles. The quantitative estimate of drug-likeness (QED) is 0.0474. The first-order valence-corrected chi connectivity index (χ1v) is 18.1. The number of nitrogens with one attached hydrogen (secondary N) is 7. The number of benzene rings is 2. The molecule has 2 aromatic rings. The van der Waals surface area contributed by atoms with Gasteiger partial charge in [-0.05, 0) is 23.5 Å². The molecule has 2 aromatic carbocycles. The van der Waals surface area contributed by atoms with Crippen LogP contribution in [0, 0.1) is 5.92 Å². The number of alkyl carbamates (subject to hydrolysis) is 1. The van der Waals surface area contributed by atoms with E-state index in [0.29, 0.717) is 5.56 Å². The predicted octanol–water partition coefficient (Wildman–Crippen LogP) is -1.56. The van der Waals surface area contributed by atoms with Crippen LogP contribution in [-0.4, -0.2) is 111 Å². The minimum absolute atomic E-state index is 0.162. The van der Waals surface area contributed by atoms with Gasteiger partial charge >= 0.3 is 24.0 Å². The van der Waals surface area contributed by atoms with E-state index in [9.17, 15) is 63.3 Å². The SMILES string of the molecule is CC(C)[C@H](NC(=O)[C@H](CCC(=O)O)NC(=O)[C@H](CC(=O)O)NC(=O)OCc1ccccc1)C(=O)N[C@@H](CC(=O)O)C(=O)NNC(=O)C1OC1C(=O)NCc1ccccc1. The molecule has 0 bridgehead atoms. The van der Waals surface area contributed by atoms with Gasteiger partial charge in [0, 0.05) is 13.0 Å². The molecule has 0 saturated carbocycles. The largest absolute Gasteiger partial charge is 0.481 e. The summed E-state index contributed by atoms with van der Waals surface area (Å²) in [7, 11) is 0. The van der Waals surface area contributed by atoms with Gasteiger partial charge in [0.25, 0.3) is 17.7 Å². The summed E-state index contributed by atoms with van der Waals surface area (Å²) in [5, 5.41) is 39.5. The average Bonchev–Trinajstić information content (AvgIpc) is 4.00. The topological polar surface area (TPSA) is 337 Å². The summed E-state index contributed by atoms with van der Waals surface area (Å²) in [6.07, 6.45) is -6.85. The lowest BCUT2D eigenvalue weighted by atomic mass is 10.0. The van der Waals surface area contributed by atoms with E-state index in [0.717, 1.165) is 5.56 Å². The first-order chi connectivity index (χ1) is 27.9. The van der Waals surface area contributed by atoms with Crippen LogP contribution in [0.4, 0.5) is 4.79 Å². The van der Waals surface area contributed by atoms with Crippen molar-refractivity contribution in [1.29, 1.82) is 0 Å². The van der Waals surface area contributed by atoms with Crippen LogP contribution in [-0.2, 0) is 65.8 Å². The zero-order valence-electron chi connectivity index (χ0n) is 31.8. The van der Waals surface area contributed by atoms with E-state index >= 15 is 0 Å². The van der Waals surface area contributed by atoms with Crippen LogP contribution in [0.15, 0.2) is 60.7 Å². The summed E-state index contributed by atoms with van der Waals surface area (Å²) < 4.78 is 10.1. The zero-order valence-corrected chi connectivity index (χ0v) is 31.8. The van der Waals surface area contributed by atoms with E-state index in [2.05, 4.69) is 26.6 Å². The Morgan fingerprint density at radius 1 is 0.610 bits per heavy atom. The van der Waals surface area contributed by atoms with E-state index in [1.54, 1.807) is 60.7 Å². The van der Waals surface area contributed by atoms with Crippen LogP contribution >= 0.6 is 0 Å². The van der Waals surface area contributed by atoms with E-state index in [4.69, 9.17) is 9.47 Å². The molecule has 1 saturated heterocycles. The number of carbonyl (C=O) groups is 10. The van der Waals surface area contributed by atoms with Crippen molar-refractivity contribution in [2.75, 3.05) is 0 Å². The van der Waals surface area contributed by atoms with E-state index < -0.39 is 127 Å². The lowest BCUT2D eigenvalue weighted by Crippen LogP contribution is -2.60. The van der Waals surface area contributed by atoms with E-state index in [-0.39, 0.29) is 13.2 Å². The summed E-state index contributed by atoms with van der Waals surface area (Å²) >= 11 is 0. The lowest BCUT2D eigenvalue weighted by molar-refractivity contribution is -0.142. The standard InChI is InChI=1S/C37H45N7O15/c1-19(2)28(34(54)40-24(16-27(49)50)33(53)43-44-36(56)30-29(59-30)35(55)38-17-20-9-5-3-6-10-20)42-31(51)22(13-14-25(45)46)39-32(52)23(15-26(47)48)41-37(57)58-18-21-11-7-4-8-12-21/h3-12,19,22-24,28-30H,13-18H2,1-2H3,(H,38,55)(H,39,52)(H,40,54)(H,41,57)(H,42,51)(H,43,53)(H,44,56)(H,45,46)(H,47,48)(H,49,50)/t22-,23-,24-,28-,29?,30?/m0/s1. The molecule has 2 unspecified atom stereocenters. The van der Waals surface area contributed by atoms with Gasteiger partial charge in [-0.15, -0.1) is 0 Å². The number of carboxylic acid groups (broad SMARTS) is 3. The Balaban J connectivity index is 1.62. The van der Waals surface area contributed by atoms with Gasteiger partial charge in [0.2, 0.25) is 17.7 Å². The van der Waals surface area contributed by atoms with Crippen molar-refractivity contribution in [2.24, 2.45) is 5.92 Å². The molecular formula is C37H45N7O15. The molecule has 22 nitrogen and oxygen atoms in total. The van der Waals surface area contributed by atoms with Crippen LogP contribution in [0.5, 0.6) is 0 Å². The minimum Gasteiger partial charge on any atom is -0.481 e. The first kappa shape index (κ1) is 46.3. The molecule has 3 rings (SSSR count). The fraction of sp³-hybridized carbons (Fsp3) is 0.405. The third-order valence-electron chi connectivity index (χ3n) is 8.37. The second-order valence-electron chi connectivity index (χ2n) is 13.4. The Bertz CT molecular complexity index is 1860. The Morgan fingerprint density at radius 3 is 1.69 bits per heavy atom. The number of ether oxygens (including phenoxy) is 2. The van der Waals surface area contributed by atoms with Crippen molar-refractivity contribution >= 4 is 59.4 Å². The first-order valence-electron chi connectivity index (χ1n) is 18.1. The van der Waals surface area contributed by atoms with Gasteiger partial charge in [-0.2, -0.15) is 0 Å². The molecular weight excluding hydrogens is 782 g/mol. The van der Waals surface area contributed by atoms with E-state index in [1.807, 2.05) is 10.9 Å². The molecule has 1 aliphatic rings.